The number of allylic oxidation sites excluding steroid dienone is 1. The summed E-state index contributed by atoms with van der Waals surface area (Å²) in [6.45, 7) is 11.1. The molecule has 2 aliphatic rings. The van der Waals surface area contributed by atoms with E-state index in [-0.39, 0.29) is 38.1 Å². The molecular weight excluding hydrogens is 634 g/mol. The fourth-order valence-electron chi connectivity index (χ4n) is 6.59. The highest BCUT2D eigenvalue weighted by atomic mass is 32.2. The first-order valence-electron chi connectivity index (χ1n) is 16.5. The Hall–Kier alpha value is -3.84. The first-order valence-corrected chi connectivity index (χ1v) is 18.6. The number of carbonyl (C=O) groups is 5. The van der Waals surface area contributed by atoms with Crippen molar-refractivity contribution in [3.8, 4) is 24.7 Å². The SMILES string of the molecule is C#CCCNC(=O)C(=O)C(CCC#C)NC(=O)C1C(C)C(=C(C)C)CN1C(=O)[C@@H](NC(=O)NC1(CS(C)(=O)=O)CCCCC1)C(C)(C)C. The number of urea groups is 1. The van der Waals surface area contributed by atoms with Gasteiger partial charge in [-0.25, -0.2) is 13.2 Å². The molecule has 48 heavy (non-hydrogen) atoms. The van der Waals surface area contributed by atoms with Crippen LogP contribution in [0.4, 0.5) is 4.79 Å². The Morgan fingerprint density at radius 2 is 1.60 bits per heavy atom. The molecule has 1 saturated heterocycles. The van der Waals surface area contributed by atoms with Crippen molar-refractivity contribution < 1.29 is 32.4 Å². The van der Waals surface area contributed by atoms with Crippen LogP contribution in [0.3, 0.4) is 0 Å². The Morgan fingerprint density at radius 1 is 1.00 bits per heavy atom. The topological polar surface area (TPSA) is 171 Å². The molecule has 0 aromatic heterocycles. The van der Waals surface area contributed by atoms with Crippen LogP contribution in [0.5, 0.6) is 0 Å². The van der Waals surface area contributed by atoms with E-state index in [1.807, 2.05) is 20.8 Å². The van der Waals surface area contributed by atoms with E-state index >= 15 is 0 Å². The van der Waals surface area contributed by atoms with E-state index < -0.39 is 74.4 Å². The summed E-state index contributed by atoms with van der Waals surface area (Å²) in [5, 5.41) is 10.8. The maximum absolute atomic E-state index is 14.4. The zero-order valence-electron chi connectivity index (χ0n) is 29.5. The monoisotopic (exact) mass is 687 g/mol. The molecule has 0 bridgehead atoms. The summed E-state index contributed by atoms with van der Waals surface area (Å²) < 4.78 is 24.6. The molecular formula is C35H53N5O7S. The zero-order valence-corrected chi connectivity index (χ0v) is 30.3. The van der Waals surface area contributed by atoms with E-state index in [1.54, 1.807) is 20.8 Å². The molecule has 4 N–H and O–H groups in total. The number of amides is 5. The van der Waals surface area contributed by atoms with Crippen molar-refractivity contribution in [1.29, 1.82) is 0 Å². The normalized spacial score (nSPS) is 20.4. The molecule has 13 heteroatoms. The summed E-state index contributed by atoms with van der Waals surface area (Å²) in [6, 6.07) is -4.06. The van der Waals surface area contributed by atoms with E-state index in [4.69, 9.17) is 12.8 Å². The minimum absolute atomic E-state index is 0.00968. The largest absolute Gasteiger partial charge is 0.348 e. The van der Waals surface area contributed by atoms with Crippen molar-refractivity contribution in [2.24, 2.45) is 11.3 Å². The Morgan fingerprint density at radius 3 is 2.12 bits per heavy atom. The lowest BCUT2D eigenvalue weighted by Crippen LogP contribution is -2.63. The van der Waals surface area contributed by atoms with Gasteiger partial charge in [-0.3, -0.25) is 19.2 Å². The minimum atomic E-state index is -3.42. The highest BCUT2D eigenvalue weighted by molar-refractivity contribution is 7.90. The standard InChI is InChI=1S/C35H53N5O7S/c1-10-12-17-26(28(41)31(43)36-20-13-11-2)37-30(42)27-24(5)25(23(3)4)21-40(27)32(44)29(34(6,7)8)38-33(45)39-35(22-48(9,46)47)18-15-14-16-19-35/h1-2,24,26-27,29H,12-22H2,3-9H3,(H,36,43)(H,37,42)(H2,38,39,45)/t24?,26?,27?,29-/m1/s1. The van der Waals surface area contributed by atoms with E-state index in [2.05, 4.69) is 33.1 Å². The second-order valence-corrected chi connectivity index (χ2v) is 16.6. The molecule has 3 unspecified atom stereocenters. The van der Waals surface area contributed by atoms with Crippen LogP contribution >= 0.6 is 0 Å². The third-order valence-electron chi connectivity index (χ3n) is 9.00. The molecule has 2 fully saturated rings. The van der Waals surface area contributed by atoms with Gasteiger partial charge < -0.3 is 26.2 Å². The van der Waals surface area contributed by atoms with Crippen LogP contribution in [0.2, 0.25) is 0 Å². The highest BCUT2D eigenvalue weighted by Gasteiger charge is 2.48. The number of nitrogens with one attached hydrogen (secondary N) is 4. The average Bonchev–Trinajstić information content (AvgIpc) is 3.33. The lowest BCUT2D eigenvalue weighted by molar-refractivity contribution is -0.144. The van der Waals surface area contributed by atoms with Gasteiger partial charge in [0, 0.05) is 38.1 Å². The maximum Gasteiger partial charge on any atom is 0.315 e. The van der Waals surface area contributed by atoms with Gasteiger partial charge in [-0.1, -0.05) is 52.5 Å². The third kappa shape index (κ3) is 11.1. The number of terminal acetylenes is 2. The van der Waals surface area contributed by atoms with Crippen LogP contribution < -0.4 is 21.3 Å². The number of hydrogen-bond donors (Lipinski definition) is 4. The van der Waals surface area contributed by atoms with E-state index in [0.29, 0.717) is 12.8 Å². The number of rotatable bonds is 13. The summed E-state index contributed by atoms with van der Waals surface area (Å²) in [5.74, 6) is 1.22. The smallest absolute Gasteiger partial charge is 0.315 e. The maximum atomic E-state index is 14.4. The molecule has 12 nitrogen and oxygen atoms in total. The van der Waals surface area contributed by atoms with Crippen molar-refractivity contribution in [1.82, 2.24) is 26.2 Å². The van der Waals surface area contributed by atoms with Gasteiger partial charge in [-0.15, -0.1) is 24.7 Å². The molecule has 4 atom stereocenters. The van der Waals surface area contributed by atoms with Crippen molar-refractivity contribution in [2.45, 2.75) is 117 Å². The van der Waals surface area contributed by atoms with Gasteiger partial charge in [-0.2, -0.15) is 0 Å². The van der Waals surface area contributed by atoms with Crippen LogP contribution in [0.1, 0.15) is 92.9 Å². The molecule has 5 amide bonds. The van der Waals surface area contributed by atoms with Crippen molar-refractivity contribution in [2.75, 3.05) is 25.1 Å². The van der Waals surface area contributed by atoms with Crippen molar-refractivity contribution in [3.05, 3.63) is 11.1 Å². The Balaban J connectivity index is 2.41. The number of hydrogen-bond acceptors (Lipinski definition) is 7. The van der Waals surface area contributed by atoms with Gasteiger partial charge in [0.25, 0.3) is 5.91 Å². The van der Waals surface area contributed by atoms with Crippen LogP contribution in [0.15, 0.2) is 11.1 Å². The number of sulfone groups is 1. The number of nitrogens with zero attached hydrogens (tertiary/aromatic N) is 1. The lowest BCUT2D eigenvalue weighted by atomic mass is 9.83. The van der Waals surface area contributed by atoms with Crippen molar-refractivity contribution in [3.63, 3.8) is 0 Å². The summed E-state index contributed by atoms with van der Waals surface area (Å²) in [5.41, 5.74) is 0.00821. The van der Waals surface area contributed by atoms with E-state index in [0.717, 1.165) is 36.7 Å². The van der Waals surface area contributed by atoms with Crippen molar-refractivity contribution >= 4 is 39.4 Å². The van der Waals surface area contributed by atoms with Crippen LogP contribution in [0.25, 0.3) is 0 Å². The highest BCUT2D eigenvalue weighted by Crippen LogP contribution is 2.35. The molecule has 0 spiro atoms. The molecule has 1 heterocycles. The Bertz CT molecular complexity index is 1450. The molecule has 1 saturated carbocycles. The first kappa shape index (κ1) is 40.3. The van der Waals surface area contributed by atoms with Gasteiger partial charge in [-0.05, 0) is 44.1 Å². The van der Waals surface area contributed by atoms with Gasteiger partial charge in [0.05, 0.1) is 17.3 Å². The molecule has 0 radical (unpaired) electrons. The van der Waals surface area contributed by atoms with Gasteiger partial charge in [0.1, 0.15) is 21.9 Å². The number of Topliss-reactive ketones (excluding diaryl/α,β-unsaturated/α-hetero) is 1. The first-order chi connectivity index (χ1) is 22.3. The lowest BCUT2D eigenvalue weighted by Gasteiger charge is -2.40. The molecule has 0 aromatic rings. The number of likely N-dealkylation sites (tertiary alicyclic amines) is 1. The van der Waals surface area contributed by atoms with Gasteiger partial charge >= 0.3 is 6.03 Å². The second-order valence-electron chi connectivity index (χ2n) is 14.4. The molecule has 1 aliphatic heterocycles. The molecule has 2 rings (SSSR count). The predicted octanol–water partition coefficient (Wildman–Crippen LogP) is 2.24. The summed E-state index contributed by atoms with van der Waals surface area (Å²) in [4.78, 5) is 69.0. The number of ketones is 1. The summed E-state index contributed by atoms with van der Waals surface area (Å²) >= 11 is 0. The Labute approximate surface area is 286 Å². The minimum Gasteiger partial charge on any atom is -0.348 e. The predicted molar refractivity (Wildman–Crippen MR) is 185 cm³/mol. The fraction of sp³-hybridized carbons (Fsp3) is 0.686. The van der Waals surface area contributed by atoms with Crippen LogP contribution in [0, 0.1) is 36.0 Å². The summed E-state index contributed by atoms with van der Waals surface area (Å²) in [6.07, 6.45) is 15.6. The molecule has 0 aromatic carbocycles. The van der Waals surface area contributed by atoms with Crippen LogP contribution in [-0.2, 0) is 29.0 Å². The molecule has 266 valence electrons. The number of carbonyl (C=O) groups excluding carboxylic acids is 5. The quantitative estimate of drug-likeness (QED) is 0.0996. The third-order valence-corrected chi connectivity index (χ3v) is 10.1. The second kappa shape index (κ2) is 17.0. The van der Waals surface area contributed by atoms with Gasteiger partial charge in [0.15, 0.2) is 0 Å². The van der Waals surface area contributed by atoms with E-state index in [9.17, 15) is 32.4 Å². The van der Waals surface area contributed by atoms with E-state index in [1.165, 1.54) is 4.90 Å². The zero-order chi connectivity index (χ0) is 36.4. The van der Waals surface area contributed by atoms with Crippen LogP contribution in [-0.4, -0.2) is 91.6 Å². The summed E-state index contributed by atoms with van der Waals surface area (Å²) in [7, 11) is -3.42. The Kier molecular flexibility index (Phi) is 14.3. The average molecular weight is 688 g/mol. The molecule has 1 aliphatic carbocycles. The van der Waals surface area contributed by atoms with Gasteiger partial charge in [0.2, 0.25) is 17.6 Å². The fourth-order valence-corrected chi connectivity index (χ4v) is 7.95.